The third-order valence-corrected chi connectivity index (χ3v) is 4.04. The first kappa shape index (κ1) is 15.4. The maximum absolute atomic E-state index is 5.47. The molecule has 3 nitrogen and oxygen atoms in total. The number of pyridine rings is 1. The Balaban J connectivity index is 1.92. The Labute approximate surface area is 132 Å². The van der Waals surface area contributed by atoms with Crippen LogP contribution in [0.4, 0.5) is 5.69 Å². The molecule has 0 saturated heterocycles. The standard InChI is InChI=1S/C17H21N3S/c1-13-7-6-9-16(14(13)2)19-17(21)20(3)12-10-15-8-4-5-11-18-15/h4-9,11H,10,12H2,1-3H3,(H,19,21). The van der Waals surface area contributed by atoms with Gasteiger partial charge in [-0.05, 0) is 55.4 Å². The zero-order chi connectivity index (χ0) is 15.2. The molecule has 0 unspecified atom stereocenters. The Morgan fingerprint density at radius 2 is 2.00 bits per heavy atom. The summed E-state index contributed by atoms with van der Waals surface area (Å²) in [5.41, 5.74) is 4.65. The second-order valence-corrected chi connectivity index (χ2v) is 5.56. The monoisotopic (exact) mass is 299 g/mol. The third kappa shape index (κ3) is 4.26. The molecule has 0 bridgehead atoms. The lowest BCUT2D eigenvalue weighted by Gasteiger charge is -2.22. The van der Waals surface area contributed by atoms with Gasteiger partial charge in [-0.25, -0.2) is 0 Å². The molecule has 0 spiro atoms. The summed E-state index contributed by atoms with van der Waals surface area (Å²) < 4.78 is 0. The van der Waals surface area contributed by atoms with Crippen LogP contribution in [0.1, 0.15) is 16.8 Å². The van der Waals surface area contributed by atoms with Gasteiger partial charge in [0.2, 0.25) is 0 Å². The summed E-state index contributed by atoms with van der Waals surface area (Å²) in [5.74, 6) is 0. The van der Waals surface area contributed by atoms with Gasteiger partial charge >= 0.3 is 0 Å². The van der Waals surface area contributed by atoms with Crippen molar-refractivity contribution in [3.63, 3.8) is 0 Å². The Hall–Kier alpha value is -1.94. The van der Waals surface area contributed by atoms with Crippen LogP contribution in [0, 0.1) is 13.8 Å². The van der Waals surface area contributed by atoms with E-state index in [1.165, 1.54) is 11.1 Å². The van der Waals surface area contributed by atoms with Crippen molar-refractivity contribution in [1.29, 1.82) is 0 Å². The number of nitrogens with one attached hydrogen (secondary N) is 1. The highest BCUT2D eigenvalue weighted by Crippen LogP contribution is 2.18. The summed E-state index contributed by atoms with van der Waals surface area (Å²) >= 11 is 5.47. The lowest BCUT2D eigenvalue weighted by atomic mass is 10.1. The Morgan fingerprint density at radius 3 is 2.71 bits per heavy atom. The van der Waals surface area contributed by atoms with E-state index in [0.717, 1.165) is 29.5 Å². The van der Waals surface area contributed by atoms with Gasteiger partial charge in [-0.3, -0.25) is 4.98 Å². The van der Waals surface area contributed by atoms with E-state index >= 15 is 0 Å². The molecule has 0 aliphatic heterocycles. The fraction of sp³-hybridized carbons (Fsp3) is 0.294. The van der Waals surface area contributed by atoms with E-state index in [1.807, 2.05) is 42.4 Å². The normalized spacial score (nSPS) is 10.2. The van der Waals surface area contributed by atoms with E-state index < -0.39 is 0 Å². The first-order valence-corrected chi connectivity index (χ1v) is 7.47. The fourth-order valence-electron chi connectivity index (χ4n) is 2.03. The highest BCUT2D eigenvalue weighted by Gasteiger charge is 2.07. The summed E-state index contributed by atoms with van der Waals surface area (Å²) in [6.07, 6.45) is 2.70. The number of likely N-dealkylation sites (N-methyl/N-ethyl adjacent to an activating group) is 1. The zero-order valence-electron chi connectivity index (χ0n) is 12.8. The van der Waals surface area contributed by atoms with Crippen LogP contribution < -0.4 is 5.32 Å². The van der Waals surface area contributed by atoms with Crippen LogP contribution in [0.3, 0.4) is 0 Å². The molecule has 0 radical (unpaired) electrons. The Kier molecular flexibility index (Phi) is 5.28. The SMILES string of the molecule is Cc1cccc(NC(=S)N(C)CCc2ccccn2)c1C. The smallest absolute Gasteiger partial charge is 0.173 e. The number of anilines is 1. The maximum Gasteiger partial charge on any atom is 0.173 e. The second kappa shape index (κ2) is 7.18. The minimum Gasteiger partial charge on any atom is -0.352 e. The summed E-state index contributed by atoms with van der Waals surface area (Å²) in [6, 6.07) is 12.2. The molecule has 21 heavy (non-hydrogen) atoms. The van der Waals surface area contributed by atoms with Crippen LogP contribution in [0.5, 0.6) is 0 Å². The molecule has 0 atom stereocenters. The van der Waals surface area contributed by atoms with Gasteiger partial charge in [0.25, 0.3) is 0 Å². The second-order valence-electron chi connectivity index (χ2n) is 5.17. The fourth-order valence-corrected chi connectivity index (χ4v) is 2.23. The van der Waals surface area contributed by atoms with Crippen LogP contribution in [0.25, 0.3) is 0 Å². The predicted octanol–water partition coefficient (Wildman–Crippen LogP) is 3.57. The summed E-state index contributed by atoms with van der Waals surface area (Å²) in [4.78, 5) is 6.38. The minimum absolute atomic E-state index is 0.736. The summed E-state index contributed by atoms with van der Waals surface area (Å²) in [7, 11) is 2.00. The number of rotatable bonds is 4. The van der Waals surface area contributed by atoms with Crippen molar-refractivity contribution in [2.24, 2.45) is 0 Å². The van der Waals surface area contributed by atoms with Crippen LogP contribution in [-0.2, 0) is 6.42 Å². The quantitative estimate of drug-likeness (QED) is 0.874. The van der Waals surface area contributed by atoms with E-state index in [4.69, 9.17) is 12.2 Å². The van der Waals surface area contributed by atoms with Gasteiger partial charge in [0, 0.05) is 37.6 Å². The van der Waals surface area contributed by atoms with Crippen molar-refractivity contribution >= 4 is 23.0 Å². The molecular weight excluding hydrogens is 278 g/mol. The molecule has 1 aromatic heterocycles. The van der Waals surface area contributed by atoms with Gasteiger partial charge in [0.05, 0.1) is 0 Å². The lowest BCUT2D eigenvalue weighted by Crippen LogP contribution is -2.33. The van der Waals surface area contributed by atoms with Crippen molar-refractivity contribution in [2.75, 3.05) is 18.9 Å². The largest absolute Gasteiger partial charge is 0.352 e. The average Bonchev–Trinajstić information content (AvgIpc) is 2.50. The molecule has 0 saturated carbocycles. The molecule has 1 N–H and O–H groups in total. The van der Waals surface area contributed by atoms with Crippen molar-refractivity contribution < 1.29 is 0 Å². The number of hydrogen-bond donors (Lipinski definition) is 1. The first-order chi connectivity index (χ1) is 10.1. The first-order valence-electron chi connectivity index (χ1n) is 7.06. The molecule has 110 valence electrons. The maximum atomic E-state index is 5.47. The summed E-state index contributed by atoms with van der Waals surface area (Å²) in [6.45, 7) is 5.05. The molecule has 1 heterocycles. The van der Waals surface area contributed by atoms with E-state index in [2.05, 4.69) is 36.3 Å². The molecule has 0 aliphatic carbocycles. The third-order valence-electron chi connectivity index (χ3n) is 3.62. The predicted molar refractivity (Wildman–Crippen MR) is 92.7 cm³/mol. The van der Waals surface area contributed by atoms with Crippen molar-refractivity contribution in [3.05, 3.63) is 59.4 Å². The van der Waals surface area contributed by atoms with Crippen LogP contribution >= 0.6 is 12.2 Å². The molecule has 0 amide bonds. The van der Waals surface area contributed by atoms with Gasteiger partial charge in [0.1, 0.15) is 0 Å². The Bertz CT molecular complexity index is 611. The van der Waals surface area contributed by atoms with E-state index in [9.17, 15) is 0 Å². The molecule has 2 aromatic rings. The van der Waals surface area contributed by atoms with E-state index in [1.54, 1.807) is 0 Å². The molecule has 4 heteroatoms. The van der Waals surface area contributed by atoms with Crippen LogP contribution in [0.2, 0.25) is 0 Å². The van der Waals surface area contributed by atoms with Gasteiger partial charge in [-0.2, -0.15) is 0 Å². The minimum atomic E-state index is 0.736. The van der Waals surface area contributed by atoms with Gasteiger partial charge < -0.3 is 10.2 Å². The van der Waals surface area contributed by atoms with E-state index in [-0.39, 0.29) is 0 Å². The molecule has 1 aromatic carbocycles. The van der Waals surface area contributed by atoms with E-state index in [0.29, 0.717) is 0 Å². The number of hydrogen-bond acceptors (Lipinski definition) is 2. The topological polar surface area (TPSA) is 28.2 Å². The zero-order valence-corrected chi connectivity index (χ0v) is 13.6. The van der Waals surface area contributed by atoms with Crippen LogP contribution in [-0.4, -0.2) is 28.6 Å². The number of benzene rings is 1. The number of nitrogens with zero attached hydrogens (tertiary/aromatic N) is 2. The van der Waals surface area contributed by atoms with Gasteiger partial charge in [-0.15, -0.1) is 0 Å². The summed E-state index contributed by atoms with van der Waals surface area (Å²) in [5, 5.41) is 4.06. The van der Waals surface area contributed by atoms with Gasteiger partial charge in [-0.1, -0.05) is 18.2 Å². The molecule has 2 rings (SSSR count). The highest BCUT2D eigenvalue weighted by molar-refractivity contribution is 7.80. The molecule has 0 fully saturated rings. The van der Waals surface area contributed by atoms with Crippen LogP contribution in [0.15, 0.2) is 42.6 Å². The number of aryl methyl sites for hydroxylation is 1. The van der Waals surface area contributed by atoms with Crippen molar-refractivity contribution in [2.45, 2.75) is 20.3 Å². The van der Waals surface area contributed by atoms with Crippen molar-refractivity contribution in [1.82, 2.24) is 9.88 Å². The molecule has 0 aliphatic rings. The number of aromatic nitrogens is 1. The highest BCUT2D eigenvalue weighted by atomic mass is 32.1. The van der Waals surface area contributed by atoms with Crippen molar-refractivity contribution in [3.8, 4) is 0 Å². The average molecular weight is 299 g/mol. The number of thiocarbonyl (C=S) groups is 1. The molecular formula is C17H21N3S. The lowest BCUT2D eigenvalue weighted by molar-refractivity contribution is 0.512. The Morgan fingerprint density at radius 1 is 1.19 bits per heavy atom. The van der Waals surface area contributed by atoms with Gasteiger partial charge in [0.15, 0.2) is 5.11 Å².